The predicted octanol–water partition coefficient (Wildman–Crippen LogP) is 0.434. The van der Waals surface area contributed by atoms with Crippen LogP contribution in [-0.2, 0) is 28.2 Å². The molecule has 1 saturated carbocycles. The fraction of sp³-hybridized carbons (Fsp3) is 0.417. The van der Waals surface area contributed by atoms with E-state index in [4.69, 9.17) is 0 Å². The van der Waals surface area contributed by atoms with Crippen molar-refractivity contribution in [2.45, 2.75) is 44.3 Å². The van der Waals surface area contributed by atoms with Crippen LogP contribution in [0.15, 0.2) is 23.0 Å². The summed E-state index contributed by atoms with van der Waals surface area (Å²) in [6.45, 7) is 0.0716. The molecule has 3 N–H and O–H groups in total. The quantitative estimate of drug-likeness (QED) is 0.399. The van der Waals surface area contributed by atoms with E-state index in [0.29, 0.717) is 37.5 Å². The molecule has 11 nitrogen and oxygen atoms in total. The minimum absolute atomic E-state index is 0.0405. The number of carbonyl (C=O) groups excluding carboxylic acids is 4. The average Bonchev–Trinajstić information content (AvgIpc) is 3.10. The summed E-state index contributed by atoms with van der Waals surface area (Å²) in [5, 5.41) is 15.8. The van der Waals surface area contributed by atoms with Crippen LogP contribution < -0.4 is 16.2 Å². The third kappa shape index (κ3) is 4.45. The van der Waals surface area contributed by atoms with Gasteiger partial charge in [-0.25, -0.2) is 9.37 Å². The summed E-state index contributed by atoms with van der Waals surface area (Å²) in [6.07, 6.45) is 2.56. The van der Waals surface area contributed by atoms with Crippen molar-refractivity contribution >= 4 is 24.0 Å². The molecule has 190 valence electrons. The number of halogens is 1. The minimum atomic E-state index is -1.17. The second kappa shape index (κ2) is 9.51. The number of rotatable bonds is 5. The second-order valence-electron chi connectivity index (χ2n) is 9.37. The Morgan fingerprint density at radius 1 is 1.28 bits per heavy atom. The normalized spacial score (nSPS) is 20.1. The number of hydrogen-bond acceptors (Lipinski definition) is 7. The molecule has 0 atom stereocenters. The number of aromatic nitrogens is 2. The van der Waals surface area contributed by atoms with Crippen LogP contribution in [0.25, 0.3) is 0 Å². The summed E-state index contributed by atoms with van der Waals surface area (Å²) in [6, 6.07) is 3.50. The molecule has 0 spiro atoms. The van der Waals surface area contributed by atoms with Crippen LogP contribution >= 0.6 is 0 Å². The van der Waals surface area contributed by atoms with Gasteiger partial charge in [0, 0.05) is 32.7 Å². The van der Waals surface area contributed by atoms with Crippen LogP contribution in [0.5, 0.6) is 5.75 Å². The molecule has 1 aromatic carbocycles. The van der Waals surface area contributed by atoms with Gasteiger partial charge in [-0.1, -0.05) is 6.07 Å². The lowest BCUT2D eigenvalue weighted by atomic mass is 9.77. The average molecular weight is 499 g/mol. The number of likely N-dealkylation sites (N-methyl/N-ethyl adjacent to an activating group) is 1. The Labute approximate surface area is 205 Å². The number of fused-ring (bicyclic) bond motifs is 2. The first-order valence-electron chi connectivity index (χ1n) is 11.5. The lowest BCUT2D eigenvalue weighted by Crippen LogP contribution is -2.53. The van der Waals surface area contributed by atoms with Gasteiger partial charge in [0.15, 0.2) is 5.69 Å². The molecule has 1 aromatic heterocycles. The maximum atomic E-state index is 13.4. The molecule has 36 heavy (non-hydrogen) atoms. The van der Waals surface area contributed by atoms with E-state index < -0.39 is 46.1 Å². The number of hydrogen-bond donors (Lipinski definition) is 3. The molecule has 0 radical (unpaired) electrons. The van der Waals surface area contributed by atoms with Gasteiger partial charge < -0.3 is 20.6 Å². The maximum absolute atomic E-state index is 13.4. The van der Waals surface area contributed by atoms with Crippen molar-refractivity contribution in [3.05, 3.63) is 57.0 Å². The van der Waals surface area contributed by atoms with Crippen LogP contribution in [0.3, 0.4) is 0 Å². The number of aromatic hydroxyl groups is 1. The largest absolute Gasteiger partial charge is 0.501 e. The molecule has 3 aliphatic rings. The van der Waals surface area contributed by atoms with Gasteiger partial charge in [0.25, 0.3) is 11.5 Å². The van der Waals surface area contributed by atoms with Crippen molar-refractivity contribution in [2.24, 2.45) is 5.92 Å². The van der Waals surface area contributed by atoms with Gasteiger partial charge in [-0.05, 0) is 49.3 Å². The Kier molecular flexibility index (Phi) is 6.61. The highest BCUT2D eigenvalue weighted by Crippen LogP contribution is 2.42. The molecule has 2 aromatic rings. The van der Waals surface area contributed by atoms with E-state index in [2.05, 4.69) is 15.6 Å². The number of benzene rings is 1. The van der Waals surface area contributed by atoms with Gasteiger partial charge in [0.2, 0.25) is 5.75 Å². The molecule has 5 rings (SSSR count). The summed E-state index contributed by atoms with van der Waals surface area (Å²) in [7, 11) is 2.88. The molecule has 0 saturated heterocycles. The number of nitrogens with zero attached hydrogens (tertiary/aromatic N) is 3. The van der Waals surface area contributed by atoms with E-state index in [0.717, 1.165) is 17.0 Å². The van der Waals surface area contributed by atoms with Gasteiger partial charge in [-0.15, -0.1) is 0 Å². The lowest BCUT2D eigenvalue weighted by Gasteiger charge is -2.37. The molecule has 12 heteroatoms. The highest BCUT2D eigenvalue weighted by molar-refractivity contribution is 6.35. The van der Waals surface area contributed by atoms with Gasteiger partial charge in [-0.3, -0.25) is 28.5 Å². The highest BCUT2D eigenvalue weighted by Gasteiger charge is 2.46. The third-order valence-electron chi connectivity index (χ3n) is 6.82. The molecule has 1 aliphatic carbocycles. The van der Waals surface area contributed by atoms with E-state index in [1.807, 2.05) is 0 Å². The third-order valence-corrected chi connectivity index (χ3v) is 6.82. The van der Waals surface area contributed by atoms with Crippen molar-refractivity contribution in [1.29, 1.82) is 0 Å². The zero-order valence-electron chi connectivity index (χ0n) is 19.8. The van der Waals surface area contributed by atoms with Crippen molar-refractivity contribution in [3.8, 4) is 5.75 Å². The van der Waals surface area contributed by atoms with Crippen LogP contribution in [0.4, 0.5) is 4.39 Å². The Hall–Kier alpha value is -4.09. The van der Waals surface area contributed by atoms with E-state index in [1.165, 1.54) is 24.7 Å². The standard InChI is InChI=1S/C24H26FN5O6/c1-29(2)22(36)20(34)28-24-7-5-13(6-8-24)11-30-21(35)18(32)17(27-23(24)30)19(33)26-10-14-3-4-16(25)9-15(14)12-31/h3-4,9,12-13,32H,5-8,10-11H2,1-2H3,(H,26,33)(H,28,34). The van der Waals surface area contributed by atoms with Crippen molar-refractivity contribution < 1.29 is 28.7 Å². The molecule has 2 aliphatic heterocycles. The Morgan fingerprint density at radius 2 is 1.97 bits per heavy atom. The first-order chi connectivity index (χ1) is 17.1. The van der Waals surface area contributed by atoms with Gasteiger partial charge >= 0.3 is 11.8 Å². The summed E-state index contributed by atoms with van der Waals surface area (Å²) in [5.41, 5.74) is -2.17. The number of amides is 3. The molecule has 3 amide bonds. The molecular weight excluding hydrogens is 473 g/mol. The Bertz CT molecular complexity index is 1310. The minimum Gasteiger partial charge on any atom is -0.501 e. The fourth-order valence-electron chi connectivity index (χ4n) is 4.82. The molecule has 1 fully saturated rings. The van der Waals surface area contributed by atoms with E-state index in [-0.39, 0.29) is 30.4 Å². The van der Waals surface area contributed by atoms with Crippen LogP contribution in [0, 0.1) is 11.7 Å². The highest BCUT2D eigenvalue weighted by atomic mass is 19.1. The summed E-state index contributed by atoms with van der Waals surface area (Å²) in [5.74, 6) is -3.77. The first-order valence-corrected chi connectivity index (χ1v) is 11.5. The number of aldehydes is 1. The smallest absolute Gasteiger partial charge is 0.311 e. The van der Waals surface area contributed by atoms with Crippen LogP contribution in [0.1, 0.15) is 57.9 Å². The zero-order chi connectivity index (χ0) is 26.2. The van der Waals surface area contributed by atoms with E-state index in [9.17, 15) is 33.5 Å². The Balaban J connectivity index is 1.70. The molecule has 3 heterocycles. The van der Waals surface area contributed by atoms with Crippen molar-refractivity contribution in [1.82, 2.24) is 25.1 Å². The maximum Gasteiger partial charge on any atom is 0.311 e. The van der Waals surface area contributed by atoms with Gasteiger partial charge in [-0.2, -0.15) is 0 Å². The van der Waals surface area contributed by atoms with Gasteiger partial charge in [0.1, 0.15) is 17.9 Å². The summed E-state index contributed by atoms with van der Waals surface area (Å²) < 4.78 is 14.7. The SMILES string of the molecule is CN(C)C(=O)C(=O)NC12CCC(CC1)Cn1c2nc(C(=O)NCc2ccc(F)cc2C=O)c(O)c1=O. The predicted molar refractivity (Wildman–Crippen MR) is 124 cm³/mol. The van der Waals surface area contributed by atoms with Crippen molar-refractivity contribution in [2.75, 3.05) is 14.1 Å². The monoisotopic (exact) mass is 499 g/mol. The molecule has 0 unspecified atom stereocenters. The number of carbonyl (C=O) groups is 4. The first kappa shape index (κ1) is 25.0. The fourth-order valence-corrected chi connectivity index (χ4v) is 4.82. The topological polar surface area (TPSA) is 151 Å². The molecular formula is C24H26FN5O6. The van der Waals surface area contributed by atoms with E-state index >= 15 is 0 Å². The van der Waals surface area contributed by atoms with Crippen LogP contribution in [0.2, 0.25) is 0 Å². The zero-order valence-corrected chi connectivity index (χ0v) is 19.8. The summed E-state index contributed by atoms with van der Waals surface area (Å²) >= 11 is 0. The molecule has 2 bridgehead atoms. The Morgan fingerprint density at radius 3 is 2.61 bits per heavy atom. The van der Waals surface area contributed by atoms with Crippen molar-refractivity contribution in [3.63, 3.8) is 0 Å². The second-order valence-corrected chi connectivity index (χ2v) is 9.37. The lowest BCUT2D eigenvalue weighted by molar-refractivity contribution is -0.145. The van der Waals surface area contributed by atoms with Crippen LogP contribution in [-0.4, -0.2) is 57.7 Å². The number of nitrogens with one attached hydrogen (secondary N) is 2. The summed E-state index contributed by atoms with van der Waals surface area (Å²) in [4.78, 5) is 67.7. The van der Waals surface area contributed by atoms with E-state index in [1.54, 1.807) is 0 Å². The van der Waals surface area contributed by atoms with Gasteiger partial charge in [0.05, 0.1) is 5.54 Å².